The lowest BCUT2D eigenvalue weighted by atomic mass is 10.1. The molecule has 0 spiro atoms. The van der Waals surface area contributed by atoms with E-state index >= 15 is 0 Å². The van der Waals surface area contributed by atoms with Crippen molar-refractivity contribution in [1.82, 2.24) is 9.55 Å². The van der Waals surface area contributed by atoms with Crippen molar-refractivity contribution in [2.45, 2.75) is 12.6 Å². The molecule has 20 heavy (non-hydrogen) atoms. The number of rotatable bonds is 4. The van der Waals surface area contributed by atoms with Crippen LogP contribution in [0.2, 0.25) is 0 Å². The van der Waals surface area contributed by atoms with Crippen molar-refractivity contribution in [3.05, 3.63) is 90.0 Å². The van der Waals surface area contributed by atoms with Crippen molar-refractivity contribution in [2.24, 2.45) is 5.73 Å². The molecule has 3 heteroatoms. The lowest BCUT2D eigenvalue weighted by Crippen LogP contribution is -2.16. The molecule has 3 rings (SSSR count). The summed E-state index contributed by atoms with van der Waals surface area (Å²) in [5.74, 6) is 0. The van der Waals surface area contributed by atoms with Gasteiger partial charge in [0, 0.05) is 6.54 Å². The molecule has 3 aromatic rings. The minimum absolute atomic E-state index is 0.151. The summed E-state index contributed by atoms with van der Waals surface area (Å²) in [6.07, 6.45) is 3.69. The lowest BCUT2D eigenvalue weighted by Gasteiger charge is -2.15. The molecule has 0 fully saturated rings. The van der Waals surface area contributed by atoms with Gasteiger partial charge >= 0.3 is 0 Å². The molecule has 1 unspecified atom stereocenters. The van der Waals surface area contributed by atoms with Crippen molar-refractivity contribution >= 4 is 0 Å². The Hall–Kier alpha value is -2.39. The van der Waals surface area contributed by atoms with Gasteiger partial charge in [-0.15, -0.1) is 0 Å². The fourth-order valence-electron chi connectivity index (χ4n) is 2.33. The summed E-state index contributed by atoms with van der Waals surface area (Å²) in [5.41, 5.74) is 9.72. The molecule has 0 saturated carbocycles. The first-order chi connectivity index (χ1) is 9.84. The molecule has 0 amide bonds. The van der Waals surface area contributed by atoms with E-state index < -0.39 is 0 Å². The maximum Gasteiger partial charge on any atom is 0.0951 e. The van der Waals surface area contributed by atoms with Crippen LogP contribution in [0, 0.1) is 0 Å². The normalized spacial score (nSPS) is 12.2. The first-order valence-corrected chi connectivity index (χ1v) is 6.69. The van der Waals surface area contributed by atoms with E-state index in [0.29, 0.717) is 0 Å². The van der Waals surface area contributed by atoms with Crippen LogP contribution in [0.1, 0.15) is 22.9 Å². The molecule has 0 radical (unpaired) electrons. The summed E-state index contributed by atoms with van der Waals surface area (Å²) >= 11 is 0. The van der Waals surface area contributed by atoms with Gasteiger partial charge in [-0.3, -0.25) is 0 Å². The second-order valence-corrected chi connectivity index (χ2v) is 4.82. The van der Waals surface area contributed by atoms with Crippen molar-refractivity contribution in [1.29, 1.82) is 0 Å². The van der Waals surface area contributed by atoms with Gasteiger partial charge in [-0.05, 0) is 11.1 Å². The molecule has 0 aliphatic carbocycles. The Balaban J connectivity index is 1.87. The van der Waals surface area contributed by atoms with Crippen molar-refractivity contribution in [3.8, 4) is 0 Å². The largest absolute Gasteiger partial charge is 0.328 e. The molecular formula is C17H17N3. The molecule has 0 bridgehead atoms. The summed E-state index contributed by atoms with van der Waals surface area (Å²) in [5, 5.41) is 0. The van der Waals surface area contributed by atoms with E-state index in [0.717, 1.165) is 17.8 Å². The number of hydrogen-bond acceptors (Lipinski definition) is 2. The molecule has 3 nitrogen and oxygen atoms in total. The highest BCUT2D eigenvalue weighted by Gasteiger charge is 2.13. The van der Waals surface area contributed by atoms with Crippen LogP contribution >= 0.6 is 0 Å². The van der Waals surface area contributed by atoms with E-state index in [-0.39, 0.29) is 6.04 Å². The number of hydrogen-bond donors (Lipinski definition) is 1. The zero-order valence-corrected chi connectivity index (χ0v) is 11.2. The van der Waals surface area contributed by atoms with Gasteiger partial charge in [0.15, 0.2) is 0 Å². The Kier molecular flexibility index (Phi) is 3.61. The molecule has 1 heterocycles. The highest BCUT2D eigenvalue weighted by Crippen LogP contribution is 2.19. The van der Waals surface area contributed by atoms with E-state index in [1.54, 1.807) is 0 Å². The Morgan fingerprint density at radius 1 is 0.950 bits per heavy atom. The highest BCUT2D eigenvalue weighted by molar-refractivity contribution is 5.27. The van der Waals surface area contributed by atoms with Crippen LogP contribution in [-0.4, -0.2) is 9.55 Å². The van der Waals surface area contributed by atoms with Crippen LogP contribution in [0.4, 0.5) is 0 Å². The highest BCUT2D eigenvalue weighted by atomic mass is 15.1. The van der Waals surface area contributed by atoms with E-state index in [9.17, 15) is 0 Å². The van der Waals surface area contributed by atoms with Gasteiger partial charge in [-0.2, -0.15) is 0 Å². The summed E-state index contributed by atoms with van der Waals surface area (Å²) in [6.45, 7) is 0.788. The number of aromatic nitrogens is 2. The SMILES string of the molecule is NC(c1ccccc1)c1cncn1Cc1ccccc1. The van der Waals surface area contributed by atoms with Gasteiger partial charge in [-0.25, -0.2) is 4.98 Å². The molecule has 2 N–H and O–H groups in total. The molecular weight excluding hydrogens is 246 g/mol. The Morgan fingerprint density at radius 3 is 2.30 bits per heavy atom. The van der Waals surface area contributed by atoms with Gasteiger partial charge < -0.3 is 10.3 Å². The minimum atomic E-state index is -0.151. The average Bonchev–Trinajstić information content (AvgIpc) is 2.96. The average molecular weight is 263 g/mol. The predicted octanol–water partition coefficient (Wildman–Crippen LogP) is 2.98. The molecule has 100 valence electrons. The zero-order valence-electron chi connectivity index (χ0n) is 11.2. The second-order valence-electron chi connectivity index (χ2n) is 4.82. The molecule has 1 atom stereocenters. The van der Waals surface area contributed by atoms with Crippen molar-refractivity contribution in [2.75, 3.05) is 0 Å². The van der Waals surface area contributed by atoms with Crippen LogP contribution in [0.15, 0.2) is 73.2 Å². The maximum atomic E-state index is 6.35. The first kappa shape index (κ1) is 12.6. The lowest BCUT2D eigenvalue weighted by molar-refractivity contribution is 0.696. The van der Waals surface area contributed by atoms with Crippen LogP contribution in [0.5, 0.6) is 0 Å². The van der Waals surface area contributed by atoms with E-state index in [1.165, 1.54) is 5.56 Å². The molecule has 2 aromatic carbocycles. The summed E-state index contributed by atoms with van der Waals surface area (Å²) in [4.78, 5) is 4.25. The molecule has 0 aliphatic heterocycles. The van der Waals surface area contributed by atoms with Crippen LogP contribution in [0.3, 0.4) is 0 Å². The monoisotopic (exact) mass is 263 g/mol. The smallest absolute Gasteiger partial charge is 0.0951 e. The first-order valence-electron chi connectivity index (χ1n) is 6.69. The van der Waals surface area contributed by atoms with Gasteiger partial charge in [0.1, 0.15) is 0 Å². The number of nitrogens with two attached hydrogens (primary N) is 1. The van der Waals surface area contributed by atoms with Crippen LogP contribution in [0.25, 0.3) is 0 Å². The number of imidazole rings is 1. The summed E-state index contributed by atoms with van der Waals surface area (Å²) in [7, 11) is 0. The van der Waals surface area contributed by atoms with Gasteiger partial charge in [0.2, 0.25) is 0 Å². The van der Waals surface area contributed by atoms with E-state index in [1.807, 2.05) is 61.1 Å². The Morgan fingerprint density at radius 2 is 1.60 bits per heavy atom. The van der Waals surface area contributed by atoms with Gasteiger partial charge in [0.25, 0.3) is 0 Å². The Labute approximate surface area is 118 Å². The minimum Gasteiger partial charge on any atom is -0.328 e. The quantitative estimate of drug-likeness (QED) is 0.786. The third-order valence-electron chi connectivity index (χ3n) is 3.42. The van der Waals surface area contributed by atoms with Crippen molar-refractivity contribution < 1.29 is 0 Å². The topological polar surface area (TPSA) is 43.8 Å². The number of benzene rings is 2. The van der Waals surface area contributed by atoms with E-state index in [2.05, 4.69) is 21.7 Å². The maximum absolute atomic E-state index is 6.35. The predicted molar refractivity (Wildman–Crippen MR) is 80.2 cm³/mol. The molecule has 1 aromatic heterocycles. The summed E-state index contributed by atoms with van der Waals surface area (Å²) in [6, 6.07) is 20.3. The third-order valence-corrected chi connectivity index (χ3v) is 3.42. The fraction of sp³-hybridized carbons (Fsp3) is 0.118. The number of nitrogens with zero attached hydrogens (tertiary/aromatic N) is 2. The second kappa shape index (κ2) is 5.72. The third kappa shape index (κ3) is 2.63. The van der Waals surface area contributed by atoms with Gasteiger partial charge in [-0.1, -0.05) is 60.7 Å². The Bertz CT molecular complexity index is 659. The molecule has 0 aliphatic rings. The standard InChI is InChI=1S/C17H17N3/c18-17(15-9-5-2-6-10-15)16-11-19-13-20(16)12-14-7-3-1-4-8-14/h1-11,13,17H,12,18H2. The summed E-state index contributed by atoms with van der Waals surface area (Å²) < 4.78 is 2.10. The van der Waals surface area contributed by atoms with Crippen LogP contribution in [-0.2, 0) is 6.54 Å². The van der Waals surface area contributed by atoms with Crippen molar-refractivity contribution in [3.63, 3.8) is 0 Å². The van der Waals surface area contributed by atoms with Gasteiger partial charge in [0.05, 0.1) is 24.3 Å². The van der Waals surface area contributed by atoms with Crippen LogP contribution < -0.4 is 5.73 Å². The van der Waals surface area contributed by atoms with E-state index in [4.69, 9.17) is 5.73 Å². The fourth-order valence-corrected chi connectivity index (χ4v) is 2.33. The molecule has 0 saturated heterocycles. The zero-order chi connectivity index (χ0) is 13.8.